The van der Waals surface area contributed by atoms with Crippen LogP contribution in [0.1, 0.15) is 68.1 Å². The summed E-state index contributed by atoms with van der Waals surface area (Å²) < 4.78 is 0. The van der Waals surface area contributed by atoms with Crippen molar-refractivity contribution in [1.82, 2.24) is 0 Å². The van der Waals surface area contributed by atoms with Gasteiger partial charge < -0.3 is 5.11 Å². The first-order valence-corrected chi connectivity index (χ1v) is 9.06. The minimum Gasteiger partial charge on any atom is -0.396 e. The molecule has 0 radical (unpaired) electrons. The minimum atomic E-state index is 0.271. The highest BCUT2D eigenvalue weighted by Gasteiger charge is 2.21. The molecular weight excluding hydrogens is 256 g/mol. The summed E-state index contributed by atoms with van der Waals surface area (Å²) in [6.45, 7) is 0.271. The van der Waals surface area contributed by atoms with E-state index in [2.05, 4.69) is 18.2 Å². The molecule has 2 aliphatic carbocycles. The number of hydrogen-bond donors (Lipinski definition) is 1. The second-order valence-corrected chi connectivity index (χ2v) is 7.30. The van der Waals surface area contributed by atoms with Crippen LogP contribution in [-0.4, -0.2) is 11.7 Å². The van der Waals surface area contributed by atoms with Crippen LogP contribution in [0.2, 0.25) is 0 Å². The molecular formula is C20H30O. The third-order valence-electron chi connectivity index (χ3n) is 5.06. The molecule has 0 aromatic heterocycles. The third-order valence-corrected chi connectivity index (χ3v) is 5.06. The molecule has 21 heavy (non-hydrogen) atoms. The zero-order valence-corrected chi connectivity index (χ0v) is 13.3. The fourth-order valence-electron chi connectivity index (χ4n) is 3.40. The van der Waals surface area contributed by atoms with Gasteiger partial charge in [-0.25, -0.2) is 0 Å². The number of benzene rings is 1. The van der Waals surface area contributed by atoms with Gasteiger partial charge in [0, 0.05) is 6.61 Å². The lowest BCUT2D eigenvalue weighted by molar-refractivity contribution is 0.299. The van der Waals surface area contributed by atoms with Gasteiger partial charge in [0.05, 0.1) is 0 Å². The average Bonchev–Trinajstić information content (AvgIpc) is 3.34. The second kappa shape index (κ2) is 7.45. The molecule has 3 rings (SSSR count). The fourth-order valence-corrected chi connectivity index (χ4v) is 3.40. The van der Waals surface area contributed by atoms with Gasteiger partial charge in [-0.2, -0.15) is 0 Å². The largest absolute Gasteiger partial charge is 0.396 e. The molecule has 0 atom stereocenters. The number of rotatable bonds is 10. The molecule has 1 aromatic carbocycles. The van der Waals surface area contributed by atoms with Crippen LogP contribution < -0.4 is 0 Å². The second-order valence-electron chi connectivity index (χ2n) is 7.30. The number of aryl methyl sites for hydroxylation is 2. The summed E-state index contributed by atoms with van der Waals surface area (Å²) in [4.78, 5) is 0. The highest BCUT2D eigenvalue weighted by molar-refractivity contribution is 5.31. The van der Waals surface area contributed by atoms with E-state index in [4.69, 9.17) is 0 Å². The lowest BCUT2D eigenvalue weighted by Gasteiger charge is -2.10. The molecule has 1 aromatic rings. The fraction of sp³-hybridized carbons (Fsp3) is 0.700. The van der Waals surface area contributed by atoms with Crippen LogP contribution in [0.15, 0.2) is 18.2 Å². The van der Waals surface area contributed by atoms with Crippen molar-refractivity contribution < 1.29 is 5.11 Å². The SMILES string of the molecule is OCCc1cc(CCCC2CC2)cc(CCCC2CC2)c1. The van der Waals surface area contributed by atoms with Crippen molar-refractivity contribution in [1.29, 1.82) is 0 Å². The van der Waals surface area contributed by atoms with Crippen molar-refractivity contribution in [2.75, 3.05) is 6.61 Å². The predicted molar refractivity (Wildman–Crippen MR) is 88.6 cm³/mol. The van der Waals surface area contributed by atoms with Crippen LogP contribution in [-0.2, 0) is 19.3 Å². The first-order valence-electron chi connectivity index (χ1n) is 9.06. The van der Waals surface area contributed by atoms with Crippen molar-refractivity contribution in [3.8, 4) is 0 Å². The van der Waals surface area contributed by atoms with Crippen molar-refractivity contribution in [2.24, 2.45) is 11.8 Å². The molecule has 0 unspecified atom stereocenters. The van der Waals surface area contributed by atoms with E-state index in [0.717, 1.165) is 18.3 Å². The quantitative estimate of drug-likeness (QED) is 0.661. The monoisotopic (exact) mass is 286 g/mol. The molecule has 0 aliphatic heterocycles. The molecule has 0 amide bonds. The highest BCUT2D eigenvalue weighted by Crippen LogP contribution is 2.35. The zero-order valence-electron chi connectivity index (χ0n) is 13.3. The highest BCUT2D eigenvalue weighted by atomic mass is 16.2. The van der Waals surface area contributed by atoms with Crippen LogP contribution in [0.4, 0.5) is 0 Å². The molecule has 2 aliphatic rings. The van der Waals surface area contributed by atoms with Crippen LogP contribution in [0.3, 0.4) is 0 Å². The van der Waals surface area contributed by atoms with Crippen LogP contribution in [0.25, 0.3) is 0 Å². The van der Waals surface area contributed by atoms with Gasteiger partial charge >= 0.3 is 0 Å². The van der Waals surface area contributed by atoms with E-state index in [1.54, 1.807) is 0 Å². The molecule has 1 N–H and O–H groups in total. The molecule has 1 heteroatoms. The summed E-state index contributed by atoms with van der Waals surface area (Å²) in [5.74, 6) is 2.09. The van der Waals surface area contributed by atoms with Crippen LogP contribution in [0.5, 0.6) is 0 Å². The third kappa shape index (κ3) is 5.47. The first kappa shape index (κ1) is 15.1. The Labute approximate surface area is 129 Å². The number of hydrogen-bond acceptors (Lipinski definition) is 1. The van der Waals surface area contributed by atoms with Crippen LogP contribution in [0, 0.1) is 11.8 Å². The van der Waals surface area contributed by atoms with Gasteiger partial charge in [-0.15, -0.1) is 0 Å². The summed E-state index contributed by atoms with van der Waals surface area (Å²) in [6.07, 6.45) is 14.7. The van der Waals surface area contributed by atoms with Gasteiger partial charge in [0.2, 0.25) is 0 Å². The van der Waals surface area contributed by atoms with Gasteiger partial charge in [-0.1, -0.05) is 56.7 Å². The zero-order chi connectivity index (χ0) is 14.5. The molecule has 0 spiro atoms. The Hall–Kier alpha value is -0.820. The summed E-state index contributed by atoms with van der Waals surface area (Å²) in [5, 5.41) is 9.22. The maximum absolute atomic E-state index is 9.22. The Bertz CT molecular complexity index is 407. The molecule has 0 heterocycles. The van der Waals surface area contributed by atoms with Gasteiger partial charge in [0.1, 0.15) is 0 Å². The maximum atomic E-state index is 9.22. The Kier molecular flexibility index (Phi) is 5.35. The normalized spacial score (nSPS) is 18.1. The summed E-state index contributed by atoms with van der Waals surface area (Å²) in [5.41, 5.74) is 4.34. The van der Waals surface area contributed by atoms with Gasteiger partial charge in [-0.05, 0) is 60.6 Å². The smallest absolute Gasteiger partial charge is 0.0471 e. The molecule has 1 nitrogen and oxygen atoms in total. The number of aliphatic hydroxyl groups is 1. The van der Waals surface area contributed by atoms with E-state index in [1.807, 2.05) is 0 Å². The summed E-state index contributed by atoms with van der Waals surface area (Å²) >= 11 is 0. The average molecular weight is 286 g/mol. The van der Waals surface area contributed by atoms with Crippen molar-refractivity contribution >= 4 is 0 Å². The molecule has 2 fully saturated rings. The lowest BCUT2D eigenvalue weighted by Crippen LogP contribution is -1.98. The van der Waals surface area contributed by atoms with Crippen molar-refractivity contribution in [3.63, 3.8) is 0 Å². The molecule has 0 bridgehead atoms. The maximum Gasteiger partial charge on any atom is 0.0471 e. The topological polar surface area (TPSA) is 20.2 Å². The standard InChI is InChI=1S/C20H30O/c21-12-11-20-14-18(5-1-3-16-7-8-16)13-19(15-20)6-2-4-17-9-10-17/h13-17,21H,1-12H2. The summed E-state index contributed by atoms with van der Waals surface area (Å²) in [7, 11) is 0. The Morgan fingerprint density at radius 2 is 1.14 bits per heavy atom. The summed E-state index contributed by atoms with van der Waals surface area (Å²) in [6, 6.07) is 7.09. The van der Waals surface area contributed by atoms with E-state index in [1.165, 1.54) is 80.9 Å². The molecule has 0 saturated heterocycles. The van der Waals surface area contributed by atoms with Gasteiger partial charge in [0.25, 0.3) is 0 Å². The van der Waals surface area contributed by atoms with Crippen molar-refractivity contribution in [3.05, 3.63) is 34.9 Å². The molecule has 116 valence electrons. The van der Waals surface area contributed by atoms with Crippen LogP contribution >= 0.6 is 0 Å². The van der Waals surface area contributed by atoms with E-state index >= 15 is 0 Å². The van der Waals surface area contributed by atoms with Crippen molar-refractivity contribution in [2.45, 2.75) is 70.6 Å². The van der Waals surface area contributed by atoms with E-state index < -0.39 is 0 Å². The Balaban J connectivity index is 1.54. The lowest BCUT2D eigenvalue weighted by atomic mass is 9.96. The van der Waals surface area contributed by atoms with Gasteiger partial charge in [-0.3, -0.25) is 0 Å². The molecule has 2 saturated carbocycles. The Morgan fingerprint density at radius 1 is 0.714 bits per heavy atom. The van der Waals surface area contributed by atoms with E-state index in [0.29, 0.717) is 0 Å². The first-order chi connectivity index (χ1) is 10.3. The predicted octanol–water partition coefficient (Wildman–Crippen LogP) is 4.69. The van der Waals surface area contributed by atoms with Gasteiger partial charge in [0.15, 0.2) is 0 Å². The van der Waals surface area contributed by atoms with E-state index in [9.17, 15) is 5.11 Å². The minimum absolute atomic E-state index is 0.271. The van der Waals surface area contributed by atoms with E-state index in [-0.39, 0.29) is 6.61 Å². The Morgan fingerprint density at radius 3 is 1.52 bits per heavy atom. The number of aliphatic hydroxyl groups excluding tert-OH is 1.